The fraction of sp³-hybridized carbons (Fsp3) is 0.514. The lowest BCUT2D eigenvalue weighted by Crippen LogP contribution is -2.71. The Hall–Kier alpha value is -3.94. The Morgan fingerprint density at radius 1 is 1.10 bits per heavy atom. The first kappa shape index (κ1) is 36.3. The molecule has 0 spiro atoms. The molecule has 0 aliphatic carbocycles. The minimum Gasteiger partial charge on any atom is -0.508 e. The van der Waals surface area contributed by atoms with Gasteiger partial charge in [-0.1, -0.05) is 58.2 Å². The van der Waals surface area contributed by atoms with E-state index in [1.807, 2.05) is 6.21 Å². The summed E-state index contributed by atoms with van der Waals surface area (Å²) in [5.74, 6) is 0.0494. The number of ether oxygens (including phenoxy) is 3. The third-order valence-corrected chi connectivity index (χ3v) is 9.67. The summed E-state index contributed by atoms with van der Waals surface area (Å²) in [4.78, 5) is 16.3. The molecule has 3 heterocycles. The highest BCUT2D eigenvalue weighted by molar-refractivity contribution is 5.91. The molecule has 1 saturated heterocycles. The summed E-state index contributed by atoms with van der Waals surface area (Å²) in [5, 5.41) is 67.4. The lowest BCUT2D eigenvalue weighted by molar-refractivity contribution is -0.311. The molecule has 3 aliphatic rings. The van der Waals surface area contributed by atoms with E-state index in [1.54, 1.807) is 18.2 Å². The average Bonchev–Trinajstić information content (AvgIpc) is 3.58. The van der Waals surface area contributed by atoms with Crippen molar-refractivity contribution in [1.29, 1.82) is 0 Å². The Morgan fingerprint density at radius 2 is 1.86 bits per heavy atom. The molecule has 0 radical (unpaired) electrons. The summed E-state index contributed by atoms with van der Waals surface area (Å²) in [6, 6.07) is 10.9. The highest BCUT2D eigenvalue weighted by atomic mass is 16.7. The van der Waals surface area contributed by atoms with Gasteiger partial charge in [0.05, 0.1) is 12.1 Å². The molecule has 2 aromatic rings. The molecule has 266 valence electrons. The lowest BCUT2D eigenvalue weighted by Gasteiger charge is -2.47. The van der Waals surface area contributed by atoms with E-state index in [2.05, 4.69) is 37.2 Å². The van der Waals surface area contributed by atoms with Crippen LogP contribution in [0, 0.1) is 17.8 Å². The Labute approximate surface area is 286 Å². The first-order valence-corrected chi connectivity index (χ1v) is 16.9. The lowest BCUT2D eigenvalue weighted by atomic mass is 9.83. The molecule has 0 amide bonds. The Bertz CT molecular complexity index is 1550. The third-order valence-electron chi connectivity index (χ3n) is 9.67. The van der Waals surface area contributed by atoms with E-state index in [0.717, 1.165) is 31.3 Å². The van der Waals surface area contributed by atoms with Crippen molar-refractivity contribution < 1.29 is 49.6 Å². The van der Waals surface area contributed by atoms with Crippen LogP contribution in [0.5, 0.6) is 17.2 Å². The molecule has 12 heteroatoms. The normalized spacial score (nSPS) is 26.2. The zero-order valence-corrected chi connectivity index (χ0v) is 28.2. The summed E-state index contributed by atoms with van der Waals surface area (Å²) in [7, 11) is 0. The minimum atomic E-state index is -2.25. The fourth-order valence-corrected chi connectivity index (χ4v) is 6.58. The van der Waals surface area contributed by atoms with E-state index >= 15 is 0 Å². The summed E-state index contributed by atoms with van der Waals surface area (Å²) >= 11 is 0. The van der Waals surface area contributed by atoms with Gasteiger partial charge in [0.15, 0.2) is 11.7 Å². The van der Waals surface area contributed by atoms with E-state index in [1.165, 1.54) is 24.3 Å². The summed E-state index contributed by atoms with van der Waals surface area (Å²) in [6.45, 7) is 7.49. The van der Waals surface area contributed by atoms with Crippen LogP contribution in [0.3, 0.4) is 0 Å². The third kappa shape index (κ3) is 8.45. The van der Waals surface area contributed by atoms with Crippen LogP contribution in [-0.2, 0) is 9.53 Å². The first-order chi connectivity index (χ1) is 23.4. The number of fused-ring (bicyclic) bond motifs is 1. The molecule has 12 nitrogen and oxygen atoms in total. The SMILES string of the molecule is CC(C)CCC[C@H](C)[C@H](CNC[C@]1(O)[C@H](Oc2ccc3c(c2)OCC(c2ccc(O)cc2)=C3O)O[C@H](C(=O)O)[C@@H](O)[C@@H]1O)CC1=CCN=C1. The fourth-order valence-electron chi connectivity index (χ4n) is 6.58. The zero-order valence-electron chi connectivity index (χ0n) is 28.2. The van der Waals surface area contributed by atoms with Crippen molar-refractivity contribution in [2.45, 2.75) is 76.7 Å². The number of phenolic OH excluding ortho intramolecular Hbond substituents is 1. The molecule has 5 rings (SSSR count). The number of carbonyl (C=O) groups is 1. The number of phenols is 1. The Morgan fingerprint density at radius 3 is 2.53 bits per heavy atom. The molecule has 2 aromatic carbocycles. The number of rotatable bonds is 15. The maximum absolute atomic E-state index is 12.0. The van der Waals surface area contributed by atoms with Gasteiger partial charge in [-0.2, -0.15) is 0 Å². The maximum Gasteiger partial charge on any atom is 0.335 e. The van der Waals surface area contributed by atoms with Gasteiger partial charge in [0.2, 0.25) is 6.29 Å². The highest BCUT2D eigenvalue weighted by Gasteiger charge is 2.58. The quantitative estimate of drug-likeness (QED) is 0.144. The molecule has 0 saturated carbocycles. The summed E-state index contributed by atoms with van der Waals surface area (Å²) in [6.07, 6.45) is 0.582. The molecular formula is C37H48N2O10. The number of carboxylic acids is 1. The van der Waals surface area contributed by atoms with Gasteiger partial charge in [0.25, 0.3) is 0 Å². The molecule has 1 fully saturated rings. The number of benzene rings is 2. The highest BCUT2D eigenvalue weighted by Crippen LogP contribution is 2.40. The minimum absolute atomic E-state index is 0.0205. The zero-order chi connectivity index (χ0) is 35.3. The van der Waals surface area contributed by atoms with Crippen LogP contribution in [0.4, 0.5) is 0 Å². The molecule has 7 atom stereocenters. The van der Waals surface area contributed by atoms with E-state index in [4.69, 9.17) is 14.2 Å². The van der Waals surface area contributed by atoms with Crippen LogP contribution in [-0.4, -0.2) is 99.3 Å². The van der Waals surface area contributed by atoms with Crippen LogP contribution in [0.15, 0.2) is 59.1 Å². The van der Waals surface area contributed by atoms with Crippen LogP contribution >= 0.6 is 0 Å². The van der Waals surface area contributed by atoms with Crippen LogP contribution in [0.25, 0.3) is 11.3 Å². The predicted molar refractivity (Wildman–Crippen MR) is 184 cm³/mol. The number of aliphatic imine (C=N–C) groups is 1. The average molecular weight is 681 g/mol. The van der Waals surface area contributed by atoms with E-state index in [9.17, 15) is 35.4 Å². The van der Waals surface area contributed by atoms with Crippen LogP contribution in [0.2, 0.25) is 0 Å². The van der Waals surface area contributed by atoms with Crippen molar-refractivity contribution in [3.05, 3.63) is 65.2 Å². The Balaban J connectivity index is 1.34. The van der Waals surface area contributed by atoms with Crippen LogP contribution in [0.1, 0.15) is 57.6 Å². The second-order valence-corrected chi connectivity index (χ2v) is 13.8. The number of aromatic hydroxyl groups is 1. The van der Waals surface area contributed by atoms with Crippen molar-refractivity contribution >= 4 is 23.5 Å². The van der Waals surface area contributed by atoms with Crippen molar-refractivity contribution in [2.75, 3.05) is 26.2 Å². The van der Waals surface area contributed by atoms with Crippen molar-refractivity contribution in [3.8, 4) is 17.2 Å². The van der Waals surface area contributed by atoms with Gasteiger partial charge in [-0.3, -0.25) is 4.99 Å². The van der Waals surface area contributed by atoms with Crippen molar-refractivity contribution in [3.63, 3.8) is 0 Å². The molecule has 0 aromatic heterocycles. The second-order valence-electron chi connectivity index (χ2n) is 13.8. The Kier molecular flexibility index (Phi) is 11.7. The summed E-state index contributed by atoms with van der Waals surface area (Å²) in [5.41, 5.74) is 0.451. The molecule has 0 bridgehead atoms. The van der Waals surface area contributed by atoms with E-state index in [0.29, 0.717) is 41.6 Å². The predicted octanol–water partition coefficient (Wildman–Crippen LogP) is 3.92. The van der Waals surface area contributed by atoms with E-state index in [-0.39, 0.29) is 42.1 Å². The van der Waals surface area contributed by atoms with Gasteiger partial charge < -0.3 is 50.2 Å². The number of nitrogens with one attached hydrogen (secondary N) is 1. The number of aliphatic hydroxyl groups is 4. The van der Waals surface area contributed by atoms with Gasteiger partial charge in [0.1, 0.15) is 41.8 Å². The number of aliphatic carboxylic acids is 1. The number of nitrogens with zero attached hydrogens (tertiary/aromatic N) is 1. The molecule has 49 heavy (non-hydrogen) atoms. The number of hydrogen-bond donors (Lipinski definition) is 7. The molecule has 0 unspecified atom stereocenters. The first-order valence-electron chi connectivity index (χ1n) is 16.9. The molecule has 7 N–H and O–H groups in total. The van der Waals surface area contributed by atoms with Crippen molar-refractivity contribution in [2.24, 2.45) is 22.7 Å². The monoisotopic (exact) mass is 680 g/mol. The molecule has 3 aliphatic heterocycles. The topological polar surface area (TPSA) is 191 Å². The summed E-state index contributed by atoms with van der Waals surface area (Å²) < 4.78 is 17.5. The van der Waals surface area contributed by atoms with Gasteiger partial charge in [-0.15, -0.1) is 0 Å². The maximum atomic E-state index is 12.0. The number of aliphatic hydroxyl groups excluding tert-OH is 3. The van der Waals surface area contributed by atoms with Crippen LogP contribution < -0.4 is 14.8 Å². The smallest absolute Gasteiger partial charge is 0.335 e. The number of hydrogen-bond acceptors (Lipinski definition) is 11. The van der Waals surface area contributed by atoms with Gasteiger partial charge in [-0.25, -0.2) is 4.79 Å². The van der Waals surface area contributed by atoms with Gasteiger partial charge >= 0.3 is 5.97 Å². The number of allylic oxidation sites excluding steroid dienone is 1. The largest absolute Gasteiger partial charge is 0.508 e. The van der Waals surface area contributed by atoms with Crippen molar-refractivity contribution in [1.82, 2.24) is 5.32 Å². The number of carboxylic acid groups (broad SMARTS) is 1. The standard InChI is InChI=1S/C37H48N2O10/c1-21(2)5-4-6-22(3)25(15-23-13-14-38-17-23)18-39-20-37(46)34(43)32(42)33(35(44)45)49-36(37)48-27-11-12-28-30(16-27)47-19-29(31(28)41)24-7-9-26(40)10-8-24/h7-13,16-17,21-22,25,32-34,36,39-43,46H,4-6,14-15,18-20H2,1-3H3,(H,44,45)/t22-,25-,32+,33-,34-,36+,37+/m0/s1. The van der Waals surface area contributed by atoms with E-state index < -0.39 is 36.2 Å². The molecular weight excluding hydrogens is 632 g/mol. The van der Waals surface area contributed by atoms with Gasteiger partial charge in [0, 0.05) is 24.4 Å². The van der Waals surface area contributed by atoms with Gasteiger partial charge in [-0.05, 0) is 66.1 Å². The second kappa shape index (κ2) is 15.7.